The summed E-state index contributed by atoms with van der Waals surface area (Å²) in [6, 6.07) is 9.53. The quantitative estimate of drug-likeness (QED) is 0.749. The Bertz CT molecular complexity index is 371. The molecule has 0 fully saturated rings. The Labute approximate surface area is 127 Å². The summed E-state index contributed by atoms with van der Waals surface area (Å²) in [4.78, 5) is 13.9. The van der Waals surface area contributed by atoms with Crippen LogP contribution in [0.1, 0.15) is 25.3 Å². The van der Waals surface area contributed by atoms with E-state index in [9.17, 15) is 4.79 Å². The number of amides is 1. The zero-order valence-electron chi connectivity index (χ0n) is 12.2. The Morgan fingerprint density at radius 3 is 2.50 bits per heavy atom. The van der Waals surface area contributed by atoms with Gasteiger partial charge in [-0.25, -0.2) is 0 Å². The third-order valence-corrected chi connectivity index (χ3v) is 2.94. The lowest BCUT2D eigenvalue weighted by atomic mass is 10.2. The number of carbonyl (C=O) groups excluding carboxylic acids is 1. The van der Waals surface area contributed by atoms with Gasteiger partial charge in [0.15, 0.2) is 0 Å². The molecule has 0 saturated heterocycles. The van der Waals surface area contributed by atoms with Crippen LogP contribution in [0.5, 0.6) is 0 Å². The molecule has 0 unspecified atom stereocenters. The molecule has 20 heavy (non-hydrogen) atoms. The van der Waals surface area contributed by atoms with E-state index in [0.29, 0.717) is 6.54 Å². The molecule has 1 aromatic rings. The van der Waals surface area contributed by atoms with Crippen molar-refractivity contribution in [2.24, 2.45) is 5.73 Å². The number of halogens is 1. The highest BCUT2D eigenvalue weighted by molar-refractivity contribution is 5.85. The fraction of sp³-hybridized carbons (Fsp3) is 0.533. The maximum Gasteiger partial charge on any atom is 0.239 e. The van der Waals surface area contributed by atoms with Crippen molar-refractivity contribution < 1.29 is 9.53 Å². The van der Waals surface area contributed by atoms with Crippen LogP contribution in [-0.4, -0.2) is 37.1 Å². The Balaban J connectivity index is 0.00000361. The van der Waals surface area contributed by atoms with Gasteiger partial charge in [0.2, 0.25) is 5.91 Å². The minimum atomic E-state index is -0.453. The number of benzene rings is 1. The number of nitrogens with zero attached hydrogens (tertiary/aromatic N) is 1. The Kier molecular flexibility index (Phi) is 10.1. The SMILES string of the molecule is COCCCCN(Cc1ccccc1)C(=O)[C@H](C)N.Cl. The number of hydrogen-bond acceptors (Lipinski definition) is 3. The second-order valence-corrected chi connectivity index (χ2v) is 4.73. The Hall–Kier alpha value is -1.10. The maximum atomic E-state index is 12.1. The predicted octanol–water partition coefficient (Wildman–Crippen LogP) is 2.21. The first-order chi connectivity index (χ1) is 9.15. The van der Waals surface area contributed by atoms with Crippen LogP contribution in [0.3, 0.4) is 0 Å². The first-order valence-electron chi connectivity index (χ1n) is 6.72. The lowest BCUT2D eigenvalue weighted by Gasteiger charge is -2.24. The van der Waals surface area contributed by atoms with Gasteiger partial charge in [0.1, 0.15) is 0 Å². The van der Waals surface area contributed by atoms with Crippen LogP contribution >= 0.6 is 12.4 Å². The van der Waals surface area contributed by atoms with E-state index in [1.807, 2.05) is 35.2 Å². The number of rotatable bonds is 8. The summed E-state index contributed by atoms with van der Waals surface area (Å²) >= 11 is 0. The summed E-state index contributed by atoms with van der Waals surface area (Å²) in [5.41, 5.74) is 6.83. The second-order valence-electron chi connectivity index (χ2n) is 4.73. The molecule has 2 N–H and O–H groups in total. The number of unbranched alkanes of at least 4 members (excludes halogenated alkanes) is 1. The summed E-state index contributed by atoms with van der Waals surface area (Å²) in [5.74, 6) is 0.00118. The van der Waals surface area contributed by atoms with Crippen molar-refractivity contribution in [3.8, 4) is 0 Å². The van der Waals surface area contributed by atoms with Gasteiger partial charge in [-0.2, -0.15) is 0 Å². The van der Waals surface area contributed by atoms with Gasteiger partial charge in [0, 0.05) is 26.8 Å². The Morgan fingerprint density at radius 1 is 1.30 bits per heavy atom. The van der Waals surface area contributed by atoms with Crippen LogP contribution in [0.4, 0.5) is 0 Å². The largest absolute Gasteiger partial charge is 0.385 e. The molecule has 0 aliphatic heterocycles. The zero-order chi connectivity index (χ0) is 14.1. The lowest BCUT2D eigenvalue weighted by molar-refractivity contribution is -0.132. The molecule has 0 saturated carbocycles. The lowest BCUT2D eigenvalue weighted by Crippen LogP contribution is -2.42. The van der Waals surface area contributed by atoms with Gasteiger partial charge < -0.3 is 15.4 Å². The molecular weight excluding hydrogens is 276 g/mol. The Morgan fingerprint density at radius 2 is 1.95 bits per heavy atom. The fourth-order valence-corrected chi connectivity index (χ4v) is 1.91. The highest BCUT2D eigenvalue weighted by Crippen LogP contribution is 2.07. The van der Waals surface area contributed by atoms with Crippen molar-refractivity contribution in [3.63, 3.8) is 0 Å². The van der Waals surface area contributed by atoms with Crippen LogP contribution < -0.4 is 5.73 Å². The molecule has 0 radical (unpaired) electrons. The monoisotopic (exact) mass is 300 g/mol. The van der Waals surface area contributed by atoms with Gasteiger partial charge in [-0.15, -0.1) is 12.4 Å². The molecule has 5 heteroatoms. The van der Waals surface area contributed by atoms with E-state index in [1.165, 1.54) is 0 Å². The number of carbonyl (C=O) groups is 1. The highest BCUT2D eigenvalue weighted by Gasteiger charge is 2.17. The molecule has 1 aromatic carbocycles. The normalized spacial score (nSPS) is 11.6. The minimum absolute atomic E-state index is 0. The number of methoxy groups -OCH3 is 1. The van der Waals surface area contributed by atoms with E-state index < -0.39 is 6.04 Å². The van der Waals surface area contributed by atoms with Crippen molar-refractivity contribution in [1.29, 1.82) is 0 Å². The first-order valence-corrected chi connectivity index (χ1v) is 6.72. The second kappa shape index (κ2) is 10.7. The van der Waals surface area contributed by atoms with Crippen molar-refractivity contribution in [2.45, 2.75) is 32.4 Å². The molecule has 1 atom stereocenters. The maximum absolute atomic E-state index is 12.1. The molecule has 0 aliphatic rings. The summed E-state index contributed by atoms with van der Waals surface area (Å²) in [6.07, 6.45) is 1.88. The van der Waals surface area contributed by atoms with E-state index in [4.69, 9.17) is 10.5 Å². The molecule has 0 heterocycles. The average Bonchev–Trinajstić information content (AvgIpc) is 2.42. The molecule has 1 amide bonds. The summed E-state index contributed by atoms with van der Waals surface area (Å²) in [5, 5.41) is 0. The van der Waals surface area contributed by atoms with E-state index >= 15 is 0 Å². The van der Waals surface area contributed by atoms with E-state index in [2.05, 4.69) is 0 Å². The average molecular weight is 301 g/mol. The van der Waals surface area contributed by atoms with E-state index in [1.54, 1.807) is 14.0 Å². The van der Waals surface area contributed by atoms with Gasteiger partial charge in [-0.3, -0.25) is 4.79 Å². The summed E-state index contributed by atoms with van der Waals surface area (Å²) in [6.45, 7) is 3.80. The van der Waals surface area contributed by atoms with Crippen molar-refractivity contribution in [2.75, 3.05) is 20.3 Å². The van der Waals surface area contributed by atoms with Gasteiger partial charge in [-0.1, -0.05) is 30.3 Å². The molecule has 0 aromatic heterocycles. The van der Waals surface area contributed by atoms with Crippen LogP contribution in [0, 0.1) is 0 Å². The molecule has 1 rings (SSSR count). The topological polar surface area (TPSA) is 55.6 Å². The molecule has 114 valence electrons. The van der Waals surface area contributed by atoms with Crippen LogP contribution in [0.15, 0.2) is 30.3 Å². The van der Waals surface area contributed by atoms with Crippen LogP contribution in [0.2, 0.25) is 0 Å². The van der Waals surface area contributed by atoms with Crippen molar-refractivity contribution >= 4 is 18.3 Å². The van der Waals surface area contributed by atoms with Gasteiger partial charge in [0.05, 0.1) is 6.04 Å². The summed E-state index contributed by atoms with van der Waals surface area (Å²) < 4.78 is 5.02. The zero-order valence-corrected chi connectivity index (χ0v) is 13.1. The molecule has 4 nitrogen and oxygen atoms in total. The smallest absolute Gasteiger partial charge is 0.239 e. The number of ether oxygens (including phenoxy) is 1. The number of nitrogens with two attached hydrogens (primary N) is 1. The first kappa shape index (κ1) is 18.9. The van der Waals surface area contributed by atoms with Crippen molar-refractivity contribution in [3.05, 3.63) is 35.9 Å². The minimum Gasteiger partial charge on any atom is -0.385 e. The standard InChI is InChI=1S/C15H24N2O2.ClH/c1-13(16)15(18)17(10-6-7-11-19-2)12-14-8-4-3-5-9-14;/h3-5,8-9,13H,6-7,10-12,16H2,1-2H3;1H/t13-;/m0./s1. The van der Waals surface area contributed by atoms with Gasteiger partial charge in [0.25, 0.3) is 0 Å². The summed E-state index contributed by atoms with van der Waals surface area (Å²) in [7, 11) is 1.69. The van der Waals surface area contributed by atoms with Gasteiger partial charge >= 0.3 is 0 Å². The highest BCUT2D eigenvalue weighted by atomic mass is 35.5. The van der Waals surface area contributed by atoms with Crippen LogP contribution in [-0.2, 0) is 16.1 Å². The molecule has 0 aliphatic carbocycles. The van der Waals surface area contributed by atoms with Crippen LogP contribution in [0.25, 0.3) is 0 Å². The third kappa shape index (κ3) is 6.89. The fourth-order valence-electron chi connectivity index (χ4n) is 1.91. The predicted molar refractivity (Wildman–Crippen MR) is 83.9 cm³/mol. The molecule has 0 spiro atoms. The molecular formula is C15H25ClN2O2. The van der Waals surface area contributed by atoms with E-state index in [0.717, 1.165) is 31.6 Å². The third-order valence-electron chi connectivity index (χ3n) is 2.94. The van der Waals surface area contributed by atoms with E-state index in [-0.39, 0.29) is 18.3 Å². The molecule has 0 bridgehead atoms. The van der Waals surface area contributed by atoms with Crippen molar-refractivity contribution in [1.82, 2.24) is 4.90 Å². The number of hydrogen-bond donors (Lipinski definition) is 1. The van der Waals surface area contributed by atoms with Gasteiger partial charge in [-0.05, 0) is 25.3 Å².